The Morgan fingerprint density at radius 1 is 1.18 bits per heavy atom. The highest BCUT2D eigenvalue weighted by molar-refractivity contribution is 8.08. The first kappa shape index (κ1) is 33.2. The first-order valence-corrected chi connectivity index (χ1v) is 15.3. The molecular formula is C28H30ClF3N2O4S2. The molecule has 6 nitrogen and oxygen atoms in total. The standard InChI is InChI=1S/C24H20ClF3N2O4S2.C2H6.C2H4/c1-3-34-23(31)17-12-20(35-21(17)14-7-6-8-15(11-14)36(2,32)33)30-13-19(24(26,27)28)29-22(30)16-9-4-5-10-18(16)25;2*1-2/h4-11,13,20H,3,12H2,1-2H3;1-2H3;1-2H2. The van der Waals surface area contributed by atoms with E-state index in [2.05, 4.69) is 18.1 Å². The molecule has 0 N–H and O–H groups in total. The molecule has 0 amide bonds. The van der Waals surface area contributed by atoms with Gasteiger partial charge in [0.2, 0.25) is 0 Å². The van der Waals surface area contributed by atoms with Crippen LogP contribution in [0.15, 0.2) is 78.4 Å². The van der Waals surface area contributed by atoms with Gasteiger partial charge in [-0.2, -0.15) is 13.2 Å². The van der Waals surface area contributed by atoms with Crippen LogP contribution in [0.25, 0.3) is 16.3 Å². The molecule has 2 aromatic carbocycles. The van der Waals surface area contributed by atoms with Crippen LogP contribution < -0.4 is 0 Å². The number of benzene rings is 2. The number of thioether (sulfide) groups is 1. The number of sulfone groups is 1. The predicted octanol–water partition coefficient (Wildman–Crippen LogP) is 8.06. The molecule has 2 heterocycles. The lowest BCUT2D eigenvalue weighted by molar-refractivity contribution is -0.141. The Hall–Kier alpha value is -3.02. The molecule has 12 heteroatoms. The third-order valence-corrected chi connectivity index (χ3v) is 8.22. The number of ether oxygens (including phenoxy) is 1. The van der Waals surface area contributed by atoms with Gasteiger partial charge in [-0.1, -0.05) is 61.5 Å². The molecule has 3 aromatic rings. The number of alkyl halides is 3. The van der Waals surface area contributed by atoms with E-state index < -0.39 is 33.1 Å². The van der Waals surface area contributed by atoms with Crippen molar-refractivity contribution in [3.05, 3.63) is 89.7 Å². The lowest BCUT2D eigenvalue weighted by Gasteiger charge is -2.16. The molecule has 0 saturated heterocycles. The summed E-state index contributed by atoms with van der Waals surface area (Å²) in [4.78, 5) is 17.1. The van der Waals surface area contributed by atoms with E-state index in [-0.39, 0.29) is 34.3 Å². The SMILES string of the molecule is C=C.CC.CCOC(=O)C1=C(c2cccc(S(C)(=O)=O)c2)SC(n2cc(C(F)(F)F)nc2-c2ccccc2Cl)C1. The number of carbonyl (C=O) groups excluding carboxylic acids is 1. The largest absolute Gasteiger partial charge is 0.463 e. The fraction of sp³-hybridized carbons (Fsp3) is 0.286. The molecule has 0 fully saturated rings. The molecule has 1 unspecified atom stereocenters. The van der Waals surface area contributed by atoms with Crippen LogP contribution in [0.5, 0.6) is 0 Å². The minimum absolute atomic E-state index is 0.000212. The Balaban J connectivity index is 0.00000134. The third kappa shape index (κ3) is 7.58. The third-order valence-electron chi connectivity index (χ3n) is 5.40. The van der Waals surface area contributed by atoms with Crippen molar-refractivity contribution in [3.63, 3.8) is 0 Å². The highest BCUT2D eigenvalue weighted by Gasteiger charge is 2.39. The van der Waals surface area contributed by atoms with E-state index in [0.29, 0.717) is 16.0 Å². The summed E-state index contributed by atoms with van der Waals surface area (Å²) >= 11 is 7.42. The van der Waals surface area contributed by atoms with Gasteiger partial charge in [0, 0.05) is 29.3 Å². The van der Waals surface area contributed by atoms with Crippen LogP contribution in [0, 0.1) is 0 Å². The van der Waals surface area contributed by atoms with Crippen molar-refractivity contribution in [2.45, 2.75) is 43.6 Å². The Bertz CT molecular complexity index is 1480. The van der Waals surface area contributed by atoms with E-state index in [0.717, 1.165) is 24.2 Å². The highest BCUT2D eigenvalue weighted by Crippen LogP contribution is 2.52. The van der Waals surface area contributed by atoms with E-state index in [1.54, 1.807) is 43.3 Å². The van der Waals surface area contributed by atoms with Crippen LogP contribution in [0.1, 0.15) is 43.8 Å². The van der Waals surface area contributed by atoms with Crippen molar-refractivity contribution in [1.29, 1.82) is 0 Å². The molecular weight excluding hydrogens is 585 g/mol. The van der Waals surface area contributed by atoms with Gasteiger partial charge in [-0.05, 0) is 36.8 Å². The van der Waals surface area contributed by atoms with Crippen LogP contribution in [-0.2, 0) is 25.5 Å². The number of rotatable bonds is 6. The summed E-state index contributed by atoms with van der Waals surface area (Å²) in [7, 11) is -3.53. The summed E-state index contributed by atoms with van der Waals surface area (Å²) in [5, 5.41) is -0.475. The number of hydrogen-bond donors (Lipinski definition) is 0. The molecule has 0 radical (unpaired) electrons. The zero-order valence-electron chi connectivity index (χ0n) is 22.5. The van der Waals surface area contributed by atoms with Crippen LogP contribution in [-0.4, -0.2) is 36.8 Å². The summed E-state index contributed by atoms with van der Waals surface area (Å²) in [6.45, 7) is 11.7. The molecule has 0 spiro atoms. The van der Waals surface area contributed by atoms with Gasteiger partial charge in [0.15, 0.2) is 15.5 Å². The van der Waals surface area contributed by atoms with E-state index in [4.69, 9.17) is 16.3 Å². The number of halogens is 4. The highest BCUT2D eigenvalue weighted by atomic mass is 35.5. The maximum Gasteiger partial charge on any atom is 0.434 e. The Morgan fingerprint density at radius 3 is 2.40 bits per heavy atom. The van der Waals surface area contributed by atoms with Crippen molar-refractivity contribution in [2.75, 3.05) is 12.9 Å². The van der Waals surface area contributed by atoms with Gasteiger partial charge in [-0.3, -0.25) is 0 Å². The van der Waals surface area contributed by atoms with Gasteiger partial charge in [-0.15, -0.1) is 13.2 Å². The van der Waals surface area contributed by atoms with Crippen LogP contribution >= 0.6 is 23.4 Å². The molecule has 4 rings (SSSR count). The number of nitrogens with zero attached hydrogens (tertiary/aromatic N) is 2. The van der Waals surface area contributed by atoms with Crippen molar-refractivity contribution in [2.24, 2.45) is 0 Å². The molecule has 0 bridgehead atoms. The molecule has 40 heavy (non-hydrogen) atoms. The summed E-state index contributed by atoms with van der Waals surface area (Å²) in [5.41, 5.74) is -0.0995. The molecule has 1 aliphatic rings. The van der Waals surface area contributed by atoms with E-state index in [1.165, 1.54) is 16.7 Å². The smallest absolute Gasteiger partial charge is 0.434 e. The van der Waals surface area contributed by atoms with Crippen LogP contribution in [0.2, 0.25) is 5.02 Å². The first-order valence-electron chi connectivity index (χ1n) is 12.2. The van der Waals surface area contributed by atoms with Crippen LogP contribution in [0.3, 0.4) is 0 Å². The average molecular weight is 615 g/mol. The van der Waals surface area contributed by atoms with Gasteiger partial charge >= 0.3 is 12.1 Å². The Kier molecular flexibility index (Phi) is 11.7. The second kappa shape index (κ2) is 14.0. The summed E-state index contributed by atoms with van der Waals surface area (Å²) in [6.07, 6.45) is -2.70. The van der Waals surface area contributed by atoms with Crippen molar-refractivity contribution in [3.8, 4) is 11.4 Å². The first-order chi connectivity index (χ1) is 18.9. The Labute approximate surface area is 241 Å². The second-order valence-electron chi connectivity index (χ2n) is 7.94. The lowest BCUT2D eigenvalue weighted by atomic mass is 10.1. The molecule has 0 aliphatic carbocycles. The summed E-state index contributed by atoms with van der Waals surface area (Å²) < 4.78 is 71.6. The zero-order chi connectivity index (χ0) is 30.3. The van der Waals surface area contributed by atoms with Crippen molar-refractivity contribution >= 4 is 44.1 Å². The van der Waals surface area contributed by atoms with E-state index in [1.807, 2.05) is 13.8 Å². The topological polar surface area (TPSA) is 78.3 Å². The summed E-state index contributed by atoms with van der Waals surface area (Å²) in [5.74, 6) is -0.623. The molecule has 0 saturated carbocycles. The maximum absolute atomic E-state index is 13.6. The number of carbonyl (C=O) groups is 1. The molecule has 1 atom stereocenters. The predicted molar refractivity (Wildman–Crippen MR) is 155 cm³/mol. The number of aromatic nitrogens is 2. The second-order valence-corrected chi connectivity index (χ2v) is 11.6. The number of esters is 1. The van der Waals surface area contributed by atoms with Gasteiger partial charge in [0.25, 0.3) is 0 Å². The van der Waals surface area contributed by atoms with Gasteiger partial charge < -0.3 is 9.30 Å². The monoisotopic (exact) mass is 614 g/mol. The Morgan fingerprint density at radius 2 is 1.82 bits per heavy atom. The van der Waals surface area contributed by atoms with E-state index in [9.17, 15) is 26.4 Å². The van der Waals surface area contributed by atoms with Crippen molar-refractivity contribution in [1.82, 2.24) is 9.55 Å². The number of imidazole rings is 1. The van der Waals surface area contributed by atoms with Gasteiger partial charge in [0.1, 0.15) is 5.82 Å². The number of hydrogen-bond acceptors (Lipinski definition) is 6. The molecule has 1 aliphatic heterocycles. The molecule has 1 aromatic heterocycles. The van der Waals surface area contributed by atoms with Gasteiger partial charge in [-0.25, -0.2) is 18.2 Å². The minimum Gasteiger partial charge on any atom is -0.463 e. The lowest BCUT2D eigenvalue weighted by Crippen LogP contribution is -2.10. The quantitative estimate of drug-likeness (QED) is 0.206. The maximum atomic E-state index is 13.6. The van der Waals surface area contributed by atoms with E-state index >= 15 is 0 Å². The minimum atomic E-state index is -4.70. The zero-order valence-corrected chi connectivity index (χ0v) is 24.8. The normalized spacial score (nSPS) is 15.1. The van der Waals surface area contributed by atoms with Gasteiger partial charge in [0.05, 0.1) is 27.5 Å². The molecule has 216 valence electrons. The fourth-order valence-corrected chi connectivity index (χ4v) is 6.02. The van der Waals surface area contributed by atoms with Crippen molar-refractivity contribution < 1.29 is 31.1 Å². The fourth-order valence-electron chi connectivity index (χ4n) is 3.77. The van der Waals surface area contributed by atoms with Crippen LogP contribution in [0.4, 0.5) is 13.2 Å². The average Bonchev–Trinajstić information content (AvgIpc) is 3.56. The summed E-state index contributed by atoms with van der Waals surface area (Å²) in [6, 6.07) is 12.5.